The maximum absolute atomic E-state index is 12.4. The predicted molar refractivity (Wildman–Crippen MR) is 102 cm³/mol. The van der Waals surface area contributed by atoms with Crippen LogP contribution in [-0.2, 0) is 9.73 Å². The number of nitrogens with two attached hydrogens (primary N) is 1. The van der Waals surface area contributed by atoms with Gasteiger partial charge in [-0.3, -0.25) is 0 Å². The van der Waals surface area contributed by atoms with Crippen molar-refractivity contribution < 1.29 is 8.95 Å². The second kappa shape index (κ2) is 9.52. The van der Waals surface area contributed by atoms with E-state index in [1.807, 2.05) is 19.9 Å². The first-order valence-corrected chi connectivity index (χ1v) is 10.3. The monoisotopic (exact) mass is 346 g/mol. The molecule has 0 aliphatic heterocycles. The quantitative estimate of drug-likeness (QED) is 0.778. The van der Waals surface area contributed by atoms with Crippen LogP contribution in [0.15, 0.2) is 29.2 Å². The Labute approximate surface area is 149 Å². The lowest BCUT2D eigenvalue weighted by atomic mass is 9.64. The van der Waals surface area contributed by atoms with Crippen molar-refractivity contribution in [1.29, 1.82) is 4.78 Å². The highest BCUT2D eigenvalue weighted by atomic mass is 32.2. The number of hydrogen-bond acceptors (Lipinski definition) is 4. The van der Waals surface area contributed by atoms with E-state index in [-0.39, 0.29) is 5.75 Å². The van der Waals surface area contributed by atoms with Crippen LogP contribution < -0.4 is 10.5 Å². The summed E-state index contributed by atoms with van der Waals surface area (Å²) in [5, 5.41) is -1.63. The largest absolute Gasteiger partial charge is 0.493 e. The van der Waals surface area contributed by atoms with Gasteiger partial charge in [0.2, 0.25) is 0 Å². The lowest BCUT2D eigenvalue weighted by Crippen LogP contribution is -2.47. The molecule has 24 heavy (non-hydrogen) atoms. The molecule has 1 aromatic carbocycles. The Morgan fingerprint density at radius 2 is 1.92 bits per heavy atom. The fourth-order valence-corrected chi connectivity index (χ4v) is 4.25. The van der Waals surface area contributed by atoms with Crippen molar-refractivity contribution in [2.45, 2.75) is 56.2 Å². The second-order valence-electron chi connectivity index (χ2n) is 6.22. The fourth-order valence-electron chi connectivity index (χ4n) is 2.77. The molecule has 0 heterocycles. The van der Waals surface area contributed by atoms with Gasteiger partial charge < -0.3 is 10.5 Å². The number of hydrogen-bond donors (Lipinski definition) is 2. The molecule has 0 amide bonds. The predicted octanol–water partition coefficient (Wildman–Crippen LogP) is 3.03. The third-order valence-electron chi connectivity index (χ3n) is 3.85. The van der Waals surface area contributed by atoms with Crippen LogP contribution in [0.4, 0.5) is 0 Å². The minimum absolute atomic E-state index is 0.300. The molecule has 7 heteroatoms. The molecule has 2 rings (SSSR count). The van der Waals surface area contributed by atoms with Crippen LogP contribution in [0.2, 0.25) is 0 Å². The molecule has 0 spiro atoms. The van der Waals surface area contributed by atoms with Gasteiger partial charge in [0, 0.05) is 5.75 Å². The van der Waals surface area contributed by atoms with Crippen molar-refractivity contribution in [1.82, 2.24) is 0 Å². The molecular formula is C17H28B2N2O2S. The molecule has 1 atom stereocenters. The Morgan fingerprint density at radius 1 is 1.29 bits per heavy atom. The molecule has 4 radical (unpaired) electrons. The summed E-state index contributed by atoms with van der Waals surface area (Å²) in [5.41, 5.74) is 5.48. The average Bonchev–Trinajstić information content (AvgIpc) is 2.54. The minimum Gasteiger partial charge on any atom is -0.493 e. The first-order valence-electron chi connectivity index (χ1n) is 8.62. The Kier molecular flexibility index (Phi) is 8.37. The molecular weight excluding hydrogens is 318 g/mol. The van der Waals surface area contributed by atoms with Gasteiger partial charge in [-0.15, -0.1) is 0 Å². The van der Waals surface area contributed by atoms with E-state index in [2.05, 4.69) is 0 Å². The molecule has 0 bridgehead atoms. The van der Waals surface area contributed by atoms with E-state index in [4.69, 9.17) is 30.9 Å². The molecule has 0 aromatic heterocycles. The van der Waals surface area contributed by atoms with E-state index in [9.17, 15) is 4.21 Å². The van der Waals surface area contributed by atoms with Crippen molar-refractivity contribution in [2.75, 3.05) is 12.4 Å². The summed E-state index contributed by atoms with van der Waals surface area (Å²) in [6.45, 7) is 4.66. The average molecular weight is 346 g/mol. The fraction of sp³-hybridized carbons (Fsp3) is 0.647. The third-order valence-corrected chi connectivity index (χ3v) is 5.77. The molecule has 4 nitrogen and oxygen atoms in total. The second-order valence-corrected chi connectivity index (χ2v) is 8.33. The minimum atomic E-state index is -3.14. The first kappa shape index (κ1) is 21.1. The van der Waals surface area contributed by atoms with Gasteiger partial charge in [-0.05, 0) is 42.3 Å². The van der Waals surface area contributed by atoms with Gasteiger partial charge in [0.05, 0.1) is 36.9 Å². The Hall–Kier alpha value is -0.940. The number of ether oxygens (including phenoxy) is 1. The first-order chi connectivity index (χ1) is 11.3. The zero-order chi connectivity index (χ0) is 18.2. The van der Waals surface area contributed by atoms with Gasteiger partial charge in [0.1, 0.15) is 5.75 Å². The highest BCUT2D eigenvalue weighted by molar-refractivity contribution is 7.92. The molecule has 1 aliphatic carbocycles. The van der Waals surface area contributed by atoms with Crippen molar-refractivity contribution in [2.24, 2.45) is 11.7 Å². The van der Waals surface area contributed by atoms with E-state index < -0.39 is 15.1 Å². The van der Waals surface area contributed by atoms with E-state index in [0.717, 1.165) is 0 Å². The summed E-state index contributed by atoms with van der Waals surface area (Å²) < 4.78 is 26.2. The van der Waals surface area contributed by atoms with Gasteiger partial charge in [0.25, 0.3) is 0 Å². The smallest absolute Gasteiger partial charge is 0.120 e. The van der Waals surface area contributed by atoms with Crippen LogP contribution >= 0.6 is 0 Å². The van der Waals surface area contributed by atoms with Gasteiger partial charge in [-0.1, -0.05) is 39.2 Å². The summed E-state index contributed by atoms with van der Waals surface area (Å²) in [4.78, 5) is 0.347. The lowest BCUT2D eigenvalue weighted by molar-refractivity contribution is 0.208. The zero-order valence-electron chi connectivity index (χ0n) is 14.8. The number of benzene rings is 1. The molecule has 1 fully saturated rings. The van der Waals surface area contributed by atoms with Crippen molar-refractivity contribution in [3.05, 3.63) is 24.3 Å². The van der Waals surface area contributed by atoms with E-state index in [0.29, 0.717) is 23.2 Å². The van der Waals surface area contributed by atoms with Gasteiger partial charge in [0.15, 0.2) is 0 Å². The van der Waals surface area contributed by atoms with E-state index >= 15 is 0 Å². The highest BCUT2D eigenvalue weighted by Crippen LogP contribution is 2.26. The van der Waals surface area contributed by atoms with Crippen LogP contribution in [0, 0.1) is 10.7 Å². The summed E-state index contributed by atoms with van der Waals surface area (Å²) in [5.74, 6) is 0.911. The molecule has 1 saturated carbocycles. The van der Waals surface area contributed by atoms with Crippen molar-refractivity contribution in [3.8, 4) is 5.75 Å². The van der Waals surface area contributed by atoms with Crippen molar-refractivity contribution >= 4 is 25.4 Å². The Morgan fingerprint density at radius 3 is 2.50 bits per heavy atom. The van der Waals surface area contributed by atoms with Gasteiger partial charge in [-0.25, -0.2) is 8.99 Å². The highest BCUT2D eigenvalue weighted by Gasteiger charge is 2.21. The topological polar surface area (TPSA) is 76.2 Å². The Bertz CT molecular complexity index is 595. The molecule has 130 valence electrons. The van der Waals surface area contributed by atoms with Crippen LogP contribution in [0.3, 0.4) is 0 Å². The summed E-state index contributed by atoms with van der Waals surface area (Å²) in [6, 6.07) is 6.78. The number of rotatable bonds is 6. The SMILES string of the molecule is CC.[B]C([B])(N)CS(=N)(=O)c1cccc(OCC2CCCCC2)c1. The zero-order valence-corrected chi connectivity index (χ0v) is 15.6. The molecule has 3 N–H and O–H groups in total. The maximum Gasteiger partial charge on any atom is 0.120 e. The molecule has 1 unspecified atom stereocenters. The molecule has 0 saturated heterocycles. The number of nitrogens with one attached hydrogen (secondary N) is 1. The van der Waals surface area contributed by atoms with Gasteiger partial charge >= 0.3 is 0 Å². The third kappa shape index (κ3) is 7.31. The van der Waals surface area contributed by atoms with Crippen LogP contribution in [0.1, 0.15) is 46.0 Å². The summed E-state index contributed by atoms with van der Waals surface area (Å²) in [7, 11) is 7.82. The van der Waals surface area contributed by atoms with Crippen LogP contribution in [0.5, 0.6) is 5.75 Å². The standard InChI is InChI=1S/C15H22B2N2O2S.C2H6/c16-15(17,18)11-22(19,20)14-8-4-7-13(9-14)21-10-12-5-2-1-3-6-12;1-2/h4,7-9,12,19H,1-3,5-6,10-11,18H2;1-2H3. The lowest BCUT2D eigenvalue weighted by Gasteiger charge is -2.23. The summed E-state index contributed by atoms with van der Waals surface area (Å²) >= 11 is 0. The van der Waals surface area contributed by atoms with Crippen molar-refractivity contribution in [3.63, 3.8) is 0 Å². The van der Waals surface area contributed by atoms with Crippen LogP contribution in [-0.4, -0.2) is 37.6 Å². The normalized spacial score (nSPS) is 18.1. The maximum atomic E-state index is 12.4. The van der Waals surface area contributed by atoms with Crippen LogP contribution in [0.25, 0.3) is 0 Å². The summed E-state index contributed by atoms with van der Waals surface area (Å²) in [6.07, 6.45) is 6.24. The van der Waals surface area contributed by atoms with E-state index in [1.54, 1.807) is 18.2 Å². The molecule has 1 aliphatic rings. The van der Waals surface area contributed by atoms with E-state index in [1.165, 1.54) is 32.1 Å². The Balaban J connectivity index is 0.00000139. The van der Waals surface area contributed by atoms with Gasteiger partial charge in [-0.2, -0.15) is 0 Å². The molecule has 1 aromatic rings.